The quantitative estimate of drug-likeness (QED) is 0.295. The van der Waals surface area contributed by atoms with Crippen molar-refractivity contribution in [2.45, 2.75) is 59.6 Å². The molecule has 1 amide bonds. The van der Waals surface area contributed by atoms with Gasteiger partial charge in [0.25, 0.3) is 0 Å². The molecule has 10 heteroatoms. The largest absolute Gasteiger partial charge is 0.486 e. The summed E-state index contributed by atoms with van der Waals surface area (Å²) in [5.74, 6) is 3.77. The van der Waals surface area contributed by atoms with Gasteiger partial charge in [0.1, 0.15) is 29.6 Å². The van der Waals surface area contributed by atoms with E-state index in [1.807, 2.05) is 30.0 Å². The molecule has 4 heterocycles. The highest BCUT2D eigenvalue weighted by Crippen LogP contribution is 2.34. The van der Waals surface area contributed by atoms with Gasteiger partial charge in [-0.1, -0.05) is 20.3 Å². The minimum Gasteiger partial charge on any atom is -0.486 e. The van der Waals surface area contributed by atoms with Gasteiger partial charge in [-0.25, -0.2) is 4.98 Å². The summed E-state index contributed by atoms with van der Waals surface area (Å²) in [4.78, 5) is 19.3. The predicted octanol–water partition coefficient (Wildman–Crippen LogP) is 4.91. The highest BCUT2D eigenvalue weighted by atomic mass is 16.5. The molecule has 10 nitrogen and oxygen atoms in total. The first-order chi connectivity index (χ1) is 18.5. The van der Waals surface area contributed by atoms with Crippen LogP contribution in [0.15, 0.2) is 45.4 Å². The van der Waals surface area contributed by atoms with Crippen LogP contribution in [0, 0.1) is 12.8 Å². The molecule has 1 aliphatic rings. The van der Waals surface area contributed by atoms with Gasteiger partial charge in [0.05, 0.1) is 11.8 Å². The molecule has 1 N–H and O–H groups in total. The molecule has 5 rings (SSSR count). The summed E-state index contributed by atoms with van der Waals surface area (Å²) in [7, 11) is 0. The Bertz CT molecular complexity index is 1390. The van der Waals surface area contributed by atoms with Crippen molar-refractivity contribution in [2.24, 2.45) is 5.92 Å². The summed E-state index contributed by atoms with van der Waals surface area (Å²) in [6.45, 7) is 7.67. The Balaban J connectivity index is 1.33. The number of nitrogens with zero attached hydrogens (tertiary/aromatic N) is 5. The van der Waals surface area contributed by atoms with Crippen LogP contribution in [0.4, 0.5) is 0 Å². The Morgan fingerprint density at radius 3 is 2.95 bits per heavy atom. The number of aryl methyl sites for hydroxylation is 2. The molecule has 0 radical (unpaired) electrons. The van der Waals surface area contributed by atoms with Gasteiger partial charge in [0, 0.05) is 25.6 Å². The minimum atomic E-state index is -0.0695. The second-order valence-electron chi connectivity index (χ2n) is 9.90. The lowest BCUT2D eigenvalue weighted by Crippen LogP contribution is -2.34. The van der Waals surface area contributed by atoms with Gasteiger partial charge >= 0.3 is 0 Å². The molecular weight excluding hydrogens is 484 g/mol. The molecule has 4 aromatic rings. The zero-order valence-electron chi connectivity index (χ0n) is 21.9. The maximum Gasteiger partial charge on any atom is 0.246 e. The Morgan fingerprint density at radius 2 is 2.18 bits per heavy atom. The molecule has 0 spiro atoms. The lowest BCUT2D eigenvalue weighted by Gasteiger charge is -2.29. The summed E-state index contributed by atoms with van der Waals surface area (Å²) in [5.41, 5.74) is 3.65. The lowest BCUT2D eigenvalue weighted by molar-refractivity contribution is -0.126. The number of aromatic amines is 1. The van der Waals surface area contributed by atoms with Crippen molar-refractivity contribution >= 4 is 12.0 Å². The molecule has 198 valence electrons. The van der Waals surface area contributed by atoms with Crippen LogP contribution in [0.2, 0.25) is 0 Å². The van der Waals surface area contributed by atoms with Crippen molar-refractivity contribution in [2.75, 3.05) is 6.54 Å². The van der Waals surface area contributed by atoms with Crippen molar-refractivity contribution in [1.82, 2.24) is 30.5 Å². The fraction of sp³-hybridized carbons (Fsp3) is 0.393. The van der Waals surface area contributed by atoms with Gasteiger partial charge < -0.3 is 18.5 Å². The van der Waals surface area contributed by atoms with Crippen LogP contribution in [0.3, 0.4) is 0 Å². The standard InChI is InChI=1S/C28H32N6O4/c1-18(2)6-4-8-26-29-24(19(3)38-26)17-37-25-15-21-16-34(27(35)10-9-22-7-5-13-36-22)12-11-20(21)14-23(25)28-30-32-33-31-28/h5,7,9-10,13-15,18H,4,6,8,11-12,16-17H2,1-3H3,(H,30,31,32,33)/b10-9+. The number of ether oxygens (including phenoxy) is 1. The summed E-state index contributed by atoms with van der Waals surface area (Å²) in [6.07, 6.45) is 8.50. The van der Waals surface area contributed by atoms with E-state index in [2.05, 4.69) is 39.5 Å². The van der Waals surface area contributed by atoms with Gasteiger partial charge in [-0.3, -0.25) is 4.79 Å². The zero-order valence-corrected chi connectivity index (χ0v) is 21.9. The molecule has 3 aromatic heterocycles. The van der Waals surface area contributed by atoms with E-state index in [4.69, 9.17) is 13.6 Å². The van der Waals surface area contributed by atoms with Crippen molar-refractivity contribution in [3.63, 3.8) is 0 Å². The van der Waals surface area contributed by atoms with Crippen molar-refractivity contribution in [3.05, 3.63) is 70.8 Å². The second-order valence-corrected chi connectivity index (χ2v) is 9.90. The third kappa shape index (κ3) is 6.01. The number of fused-ring (bicyclic) bond motifs is 1. The molecule has 0 atom stereocenters. The number of rotatable bonds is 10. The van der Waals surface area contributed by atoms with E-state index in [0.29, 0.717) is 42.8 Å². The van der Waals surface area contributed by atoms with Crippen LogP contribution in [0.5, 0.6) is 5.75 Å². The SMILES string of the molecule is Cc1oc(CCCC(C)C)nc1COc1cc2c(cc1-c1nn[nH]n1)CCN(C(=O)/C=C/c1ccco1)C2. The average Bonchev–Trinajstić information content (AvgIpc) is 3.68. The van der Waals surface area contributed by atoms with Crippen LogP contribution in [-0.4, -0.2) is 43.0 Å². The molecular formula is C28H32N6O4. The fourth-order valence-corrected chi connectivity index (χ4v) is 4.53. The van der Waals surface area contributed by atoms with Crippen molar-refractivity contribution in [1.29, 1.82) is 0 Å². The number of hydrogen-bond acceptors (Lipinski definition) is 8. The Morgan fingerprint density at radius 1 is 1.29 bits per heavy atom. The van der Waals surface area contributed by atoms with Crippen LogP contribution in [0.1, 0.15) is 60.9 Å². The molecule has 0 aliphatic carbocycles. The number of carbonyl (C=O) groups is 1. The van der Waals surface area contributed by atoms with Gasteiger partial charge in [-0.2, -0.15) is 5.21 Å². The highest BCUT2D eigenvalue weighted by molar-refractivity contribution is 5.91. The number of amides is 1. The van der Waals surface area contributed by atoms with Crippen LogP contribution in [-0.2, 0) is 30.8 Å². The van der Waals surface area contributed by atoms with Crippen LogP contribution >= 0.6 is 0 Å². The normalized spacial score (nSPS) is 13.4. The van der Waals surface area contributed by atoms with E-state index >= 15 is 0 Å². The van der Waals surface area contributed by atoms with Gasteiger partial charge in [0.2, 0.25) is 11.7 Å². The Labute approximate surface area is 221 Å². The zero-order chi connectivity index (χ0) is 26.5. The number of oxazole rings is 1. The molecule has 1 aliphatic heterocycles. The molecule has 0 bridgehead atoms. The van der Waals surface area contributed by atoms with E-state index in [0.717, 1.165) is 53.3 Å². The first-order valence-electron chi connectivity index (χ1n) is 12.9. The molecule has 1 aromatic carbocycles. The van der Waals surface area contributed by atoms with Gasteiger partial charge in [-0.15, -0.1) is 10.2 Å². The van der Waals surface area contributed by atoms with E-state index in [1.165, 1.54) is 0 Å². The number of aromatic nitrogens is 5. The van der Waals surface area contributed by atoms with Crippen LogP contribution < -0.4 is 4.74 Å². The summed E-state index contributed by atoms with van der Waals surface area (Å²) >= 11 is 0. The first kappa shape index (κ1) is 25.4. The average molecular weight is 517 g/mol. The maximum absolute atomic E-state index is 12.8. The third-order valence-corrected chi connectivity index (χ3v) is 6.62. The fourth-order valence-electron chi connectivity index (χ4n) is 4.53. The highest BCUT2D eigenvalue weighted by Gasteiger charge is 2.23. The number of carbonyl (C=O) groups excluding carboxylic acids is 1. The van der Waals surface area contributed by atoms with Crippen molar-refractivity contribution < 1.29 is 18.4 Å². The van der Waals surface area contributed by atoms with Gasteiger partial charge in [0.15, 0.2) is 5.89 Å². The smallest absolute Gasteiger partial charge is 0.246 e. The van der Waals surface area contributed by atoms with E-state index in [-0.39, 0.29) is 12.5 Å². The number of furan rings is 1. The second kappa shape index (κ2) is 11.5. The number of H-pyrrole nitrogens is 1. The number of benzene rings is 1. The monoisotopic (exact) mass is 516 g/mol. The molecule has 0 fully saturated rings. The van der Waals surface area contributed by atoms with Crippen molar-refractivity contribution in [3.8, 4) is 17.1 Å². The maximum atomic E-state index is 12.8. The first-order valence-corrected chi connectivity index (χ1v) is 12.9. The lowest BCUT2D eigenvalue weighted by atomic mass is 9.96. The number of hydrogen-bond donors (Lipinski definition) is 1. The van der Waals surface area contributed by atoms with Crippen LogP contribution in [0.25, 0.3) is 17.5 Å². The van der Waals surface area contributed by atoms with Gasteiger partial charge in [-0.05, 0) is 72.4 Å². The Kier molecular flexibility index (Phi) is 7.67. The molecule has 38 heavy (non-hydrogen) atoms. The number of tetrazole rings is 1. The van der Waals surface area contributed by atoms with E-state index in [9.17, 15) is 4.79 Å². The molecule has 0 unspecified atom stereocenters. The van der Waals surface area contributed by atoms with E-state index in [1.54, 1.807) is 24.5 Å². The summed E-state index contributed by atoms with van der Waals surface area (Å²) in [6, 6.07) is 7.60. The minimum absolute atomic E-state index is 0.0695. The predicted molar refractivity (Wildman–Crippen MR) is 140 cm³/mol. The topological polar surface area (TPSA) is 123 Å². The molecule has 0 saturated heterocycles. The summed E-state index contributed by atoms with van der Waals surface area (Å²) in [5, 5.41) is 14.6. The molecule has 0 saturated carbocycles. The third-order valence-electron chi connectivity index (χ3n) is 6.62. The Hall–Kier alpha value is -4.21. The summed E-state index contributed by atoms with van der Waals surface area (Å²) < 4.78 is 17.4. The van der Waals surface area contributed by atoms with E-state index < -0.39 is 0 Å². The number of nitrogens with one attached hydrogen (secondary N) is 1.